The minimum Gasteiger partial charge on any atom is -0.314 e. The molecule has 1 aliphatic heterocycles. The van der Waals surface area contributed by atoms with Crippen LogP contribution in [0, 0.1) is 0 Å². The summed E-state index contributed by atoms with van der Waals surface area (Å²) < 4.78 is 1.72. The number of benzene rings is 1. The summed E-state index contributed by atoms with van der Waals surface area (Å²) in [6.45, 7) is 1.08. The first-order chi connectivity index (χ1) is 8.84. The van der Waals surface area contributed by atoms with Gasteiger partial charge in [0, 0.05) is 12.5 Å². The summed E-state index contributed by atoms with van der Waals surface area (Å²) in [5.41, 5.74) is 0.831. The molecule has 1 atom stereocenters. The number of nitrogens with zero attached hydrogens (tertiary/aromatic N) is 4. The van der Waals surface area contributed by atoms with E-state index in [9.17, 15) is 0 Å². The van der Waals surface area contributed by atoms with Crippen molar-refractivity contribution in [3.8, 4) is 5.69 Å². The quantitative estimate of drug-likeness (QED) is 0.914. The lowest BCUT2D eigenvalue weighted by atomic mass is 10.1. The summed E-state index contributed by atoms with van der Waals surface area (Å²) in [6.07, 6.45) is 3.23. The Kier molecular flexibility index (Phi) is 3.25. The van der Waals surface area contributed by atoms with Crippen molar-refractivity contribution < 1.29 is 0 Å². The van der Waals surface area contributed by atoms with Gasteiger partial charge in [-0.1, -0.05) is 23.7 Å². The predicted octanol–water partition coefficient (Wildman–Crippen LogP) is 1.61. The van der Waals surface area contributed by atoms with Gasteiger partial charge in [0.2, 0.25) is 0 Å². The van der Waals surface area contributed by atoms with Crippen LogP contribution in [-0.4, -0.2) is 32.8 Å². The molecule has 0 saturated carbocycles. The topological polar surface area (TPSA) is 55.6 Å². The van der Waals surface area contributed by atoms with E-state index in [-0.39, 0.29) is 0 Å². The van der Waals surface area contributed by atoms with Crippen molar-refractivity contribution >= 4 is 11.6 Å². The standard InChI is InChI=1S/C12H14ClN5/c13-10-5-1-2-6-11(10)18-12(15-16-17-18)8-9-4-3-7-14-9/h1-2,5-6,9,14H,3-4,7-8H2. The number of hydrogen-bond acceptors (Lipinski definition) is 4. The molecule has 18 heavy (non-hydrogen) atoms. The Morgan fingerprint density at radius 2 is 2.28 bits per heavy atom. The molecular weight excluding hydrogens is 250 g/mol. The van der Waals surface area contributed by atoms with Crippen LogP contribution < -0.4 is 5.32 Å². The van der Waals surface area contributed by atoms with E-state index in [1.165, 1.54) is 12.8 Å². The van der Waals surface area contributed by atoms with Gasteiger partial charge in [-0.25, -0.2) is 0 Å². The molecule has 1 saturated heterocycles. The van der Waals surface area contributed by atoms with Gasteiger partial charge in [0.1, 0.15) is 0 Å². The Morgan fingerprint density at radius 1 is 1.39 bits per heavy atom. The first-order valence-electron chi connectivity index (χ1n) is 6.10. The fourth-order valence-electron chi connectivity index (χ4n) is 2.29. The first-order valence-corrected chi connectivity index (χ1v) is 6.48. The molecule has 94 valence electrons. The normalized spacial score (nSPS) is 19.3. The molecule has 0 spiro atoms. The number of tetrazole rings is 1. The molecule has 5 nitrogen and oxygen atoms in total. The van der Waals surface area contributed by atoms with Crippen LogP contribution in [0.4, 0.5) is 0 Å². The Morgan fingerprint density at radius 3 is 3.06 bits per heavy atom. The van der Waals surface area contributed by atoms with E-state index in [4.69, 9.17) is 11.6 Å². The molecule has 1 aromatic heterocycles. The van der Waals surface area contributed by atoms with Gasteiger partial charge in [0.15, 0.2) is 5.82 Å². The SMILES string of the molecule is Clc1ccccc1-n1nnnc1CC1CCCN1. The molecule has 0 bridgehead atoms. The summed E-state index contributed by atoms with van der Waals surface area (Å²) >= 11 is 6.17. The van der Waals surface area contributed by atoms with Gasteiger partial charge in [0.05, 0.1) is 10.7 Å². The van der Waals surface area contributed by atoms with Crippen molar-refractivity contribution in [3.63, 3.8) is 0 Å². The van der Waals surface area contributed by atoms with Gasteiger partial charge >= 0.3 is 0 Å². The average molecular weight is 264 g/mol. The summed E-state index contributed by atoms with van der Waals surface area (Å²) in [7, 11) is 0. The molecule has 1 aromatic carbocycles. The van der Waals surface area contributed by atoms with Crippen LogP contribution in [0.3, 0.4) is 0 Å². The van der Waals surface area contributed by atoms with Gasteiger partial charge in [-0.2, -0.15) is 4.68 Å². The average Bonchev–Trinajstić information content (AvgIpc) is 3.02. The highest BCUT2D eigenvalue weighted by Crippen LogP contribution is 2.20. The Labute approximate surface area is 110 Å². The van der Waals surface area contributed by atoms with E-state index in [1.54, 1.807) is 4.68 Å². The number of halogens is 1. The number of aromatic nitrogens is 4. The third-order valence-electron chi connectivity index (χ3n) is 3.21. The van der Waals surface area contributed by atoms with Crippen LogP contribution in [-0.2, 0) is 6.42 Å². The highest BCUT2D eigenvalue weighted by molar-refractivity contribution is 6.32. The summed E-state index contributed by atoms with van der Waals surface area (Å²) in [4.78, 5) is 0. The number of rotatable bonds is 3. The lowest BCUT2D eigenvalue weighted by molar-refractivity contribution is 0.575. The van der Waals surface area contributed by atoms with E-state index < -0.39 is 0 Å². The van der Waals surface area contributed by atoms with Crippen LogP contribution in [0.2, 0.25) is 5.02 Å². The van der Waals surface area contributed by atoms with Gasteiger partial charge in [0.25, 0.3) is 0 Å². The molecule has 1 N–H and O–H groups in total. The van der Waals surface area contributed by atoms with E-state index >= 15 is 0 Å². The van der Waals surface area contributed by atoms with Gasteiger partial charge < -0.3 is 5.32 Å². The third-order valence-corrected chi connectivity index (χ3v) is 3.53. The van der Waals surface area contributed by atoms with Crippen LogP contribution in [0.15, 0.2) is 24.3 Å². The van der Waals surface area contributed by atoms with Crippen molar-refractivity contribution in [3.05, 3.63) is 35.1 Å². The van der Waals surface area contributed by atoms with E-state index in [1.807, 2.05) is 24.3 Å². The number of nitrogens with one attached hydrogen (secondary N) is 1. The molecule has 2 heterocycles. The Balaban J connectivity index is 1.89. The molecule has 1 fully saturated rings. The van der Waals surface area contributed by atoms with Crippen LogP contribution in [0.25, 0.3) is 5.69 Å². The van der Waals surface area contributed by atoms with Crippen LogP contribution in [0.5, 0.6) is 0 Å². The lowest BCUT2D eigenvalue weighted by Gasteiger charge is -2.10. The molecule has 3 rings (SSSR count). The van der Waals surface area contributed by atoms with Crippen LogP contribution in [0.1, 0.15) is 18.7 Å². The van der Waals surface area contributed by atoms with E-state index in [2.05, 4.69) is 20.8 Å². The summed E-state index contributed by atoms with van der Waals surface area (Å²) in [6, 6.07) is 8.06. The van der Waals surface area contributed by atoms with Crippen molar-refractivity contribution in [2.45, 2.75) is 25.3 Å². The zero-order valence-corrected chi connectivity index (χ0v) is 10.6. The maximum Gasteiger partial charge on any atom is 0.158 e. The van der Waals surface area contributed by atoms with Gasteiger partial charge in [-0.05, 0) is 41.9 Å². The van der Waals surface area contributed by atoms with E-state index in [0.29, 0.717) is 11.1 Å². The highest BCUT2D eigenvalue weighted by atomic mass is 35.5. The van der Waals surface area contributed by atoms with Gasteiger partial charge in [-0.3, -0.25) is 0 Å². The second kappa shape index (κ2) is 5.04. The lowest BCUT2D eigenvalue weighted by Crippen LogP contribution is -2.25. The fourth-order valence-corrected chi connectivity index (χ4v) is 2.51. The Bertz CT molecular complexity index is 533. The van der Waals surface area contributed by atoms with Crippen molar-refractivity contribution in [2.24, 2.45) is 0 Å². The number of hydrogen-bond donors (Lipinski definition) is 1. The summed E-state index contributed by atoms with van der Waals surface area (Å²) in [5.74, 6) is 0.850. The zero-order valence-electron chi connectivity index (χ0n) is 9.88. The molecular formula is C12H14ClN5. The molecule has 1 unspecified atom stereocenters. The van der Waals surface area contributed by atoms with Crippen molar-refractivity contribution in [1.29, 1.82) is 0 Å². The monoisotopic (exact) mass is 263 g/mol. The second-order valence-electron chi connectivity index (χ2n) is 4.46. The third kappa shape index (κ3) is 2.23. The molecule has 6 heteroatoms. The molecule has 0 aliphatic carbocycles. The summed E-state index contributed by atoms with van der Waals surface area (Å²) in [5, 5.41) is 16.0. The predicted molar refractivity (Wildman–Crippen MR) is 68.9 cm³/mol. The van der Waals surface area contributed by atoms with Crippen molar-refractivity contribution in [2.75, 3.05) is 6.54 Å². The zero-order chi connectivity index (χ0) is 12.4. The maximum atomic E-state index is 6.17. The molecule has 0 radical (unpaired) electrons. The number of para-hydroxylation sites is 1. The molecule has 0 amide bonds. The van der Waals surface area contributed by atoms with Crippen LogP contribution >= 0.6 is 11.6 Å². The Hall–Kier alpha value is -1.46. The minimum absolute atomic E-state index is 0.470. The van der Waals surface area contributed by atoms with Crippen molar-refractivity contribution in [1.82, 2.24) is 25.5 Å². The largest absolute Gasteiger partial charge is 0.314 e. The van der Waals surface area contributed by atoms with Gasteiger partial charge in [-0.15, -0.1) is 5.10 Å². The fraction of sp³-hybridized carbons (Fsp3) is 0.417. The smallest absolute Gasteiger partial charge is 0.158 e. The molecule has 2 aromatic rings. The maximum absolute atomic E-state index is 6.17. The first kappa shape index (κ1) is 11.6. The second-order valence-corrected chi connectivity index (χ2v) is 4.86. The van der Waals surface area contributed by atoms with E-state index in [0.717, 1.165) is 24.5 Å². The highest BCUT2D eigenvalue weighted by Gasteiger charge is 2.19. The minimum atomic E-state index is 0.470. The molecule has 1 aliphatic rings.